The van der Waals surface area contributed by atoms with E-state index in [1.54, 1.807) is 25.1 Å². The lowest BCUT2D eigenvalue weighted by molar-refractivity contribution is 0.626. The molecule has 2 aromatic carbocycles. The summed E-state index contributed by atoms with van der Waals surface area (Å²) in [6, 6.07) is 8.76. The molecular formula is C15H9ClF2N2. The summed E-state index contributed by atoms with van der Waals surface area (Å²) in [4.78, 5) is 8.37. The fourth-order valence-corrected chi connectivity index (χ4v) is 2.31. The molecule has 1 heterocycles. The second-order valence-electron chi connectivity index (χ2n) is 4.43. The van der Waals surface area contributed by atoms with Gasteiger partial charge >= 0.3 is 0 Å². The van der Waals surface area contributed by atoms with Crippen molar-refractivity contribution in [2.75, 3.05) is 0 Å². The van der Waals surface area contributed by atoms with Crippen LogP contribution in [0.4, 0.5) is 8.78 Å². The summed E-state index contributed by atoms with van der Waals surface area (Å²) in [5, 5.41) is 0.628. The highest BCUT2D eigenvalue weighted by molar-refractivity contribution is 6.34. The third-order valence-electron chi connectivity index (χ3n) is 3.06. The molecule has 0 spiro atoms. The zero-order chi connectivity index (χ0) is 14.3. The van der Waals surface area contributed by atoms with E-state index in [-0.39, 0.29) is 22.3 Å². The van der Waals surface area contributed by atoms with E-state index in [1.807, 2.05) is 0 Å². The highest BCUT2D eigenvalue weighted by Crippen LogP contribution is 2.28. The summed E-state index contributed by atoms with van der Waals surface area (Å²) >= 11 is 6.08. The normalized spacial score (nSPS) is 11.0. The highest BCUT2D eigenvalue weighted by atomic mass is 35.5. The van der Waals surface area contributed by atoms with Crippen LogP contribution in [0.5, 0.6) is 0 Å². The number of fused-ring (bicyclic) bond motifs is 1. The Morgan fingerprint density at radius 2 is 1.85 bits per heavy atom. The summed E-state index contributed by atoms with van der Waals surface area (Å²) < 4.78 is 27.0. The van der Waals surface area contributed by atoms with E-state index in [4.69, 9.17) is 11.6 Å². The SMILES string of the molecule is Cc1cc(F)ccc1-c1nc(Cl)c2cccc(F)c2n1. The summed E-state index contributed by atoms with van der Waals surface area (Å²) in [7, 11) is 0. The van der Waals surface area contributed by atoms with Crippen LogP contribution in [-0.4, -0.2) is 9.97 Å². The van der Waals surface area contributed by atoms with E-state index < -0.39 is 5.82 Å². The van der Waals surface area contributed by atoms with Gasteiger partial charge in [0.15, 0.2) is 5.82 Å². The maximum Gasteiger partial charge on any atom is 0.161 e. The van der Waals surface area contributed by atoms with Crippen LogP contribution >= 0.6 is 11.6 Å². The zero-order valence-corrected chi connectivity index (χ0v) is 11.2. The molecule has 0 unspecified atom stereocenters. The number of hydrogen-bond acceptors (Lipinski definition) is 2. The van der Waals surface area contributed by atoms with Crippen molar-refractivity contribution in [1.82, 2.24) is 9.97 Å². The molecule has 100 valence electrons. The second-order valence-corrected chi connectivity index (χ2v) is 4.79. The van der Waals surface area contributed by atoms with Gasteiger partial charge in [-0.25, -0.2) is 18.7 Å². The lowest BCUT2D eigenvalue weighted by Gasteiger charge is -2.07. The molecule has 0 atom stereocenters. The van der Waals surface area contributed by atoms with Crippen LogP contribution in [0.25, 0.3) is 22.3 Å². The molecule has 0 aliphatic carbocycles. The van der Waals surface area contributed by atoms with Crippen molar-refractivity contribution in [2.45, 2.75) is 6.92 Å². The predicted octanol–water partition coefficient (Wildman–Crippen LogP) is 4.54. The minimum absolute atomic E-state index is 0.159. The first kappa shape index (κ1) is 12.9. The van der Waals surface area contributed by atoms with Gasteiger partial charge in [0.2, 0.25) is 0 Å². The summed E-state index contributed by atoms with van der Waals surface area (Å²) in [6.07, 6.45) is 0. The Morgan fingerprint density at radius 1 is 1.05 bits per heavy atom. The molecule has 0 amide bonds. The lowest BCUT2D eigenvalue weighted by atomic mass is 10.1. The van der Waals surface area contributed by atoms with Gasteiger partial charge in [-0.15, -0.1) is 0 Å². The van der Waals surface area contributed by atoms with Gasteiger partial charge in [-0.05, 0) is 42.8 Å². The molecule has 1 aromatic heterocycles. The topological polar surface area (TPSA) is 25.8 Å². The number of aryl methyl sites for hydroxylation is 1. The second kappa shape index (κ2) is 4.80. The molecule has 20 heavy (non-hydrogen) atoms. The molecule has 0 saturated heterocycles. The van der Waals surface area contributed by atoms with Crippen molar-refractivity contribution < 1.29 is 8.78 Å². The first-order valence-electron chi connectivity index (χ1n) is 5.94. The van der Waals surface area contributed by atoms with Gasteiger partial charge in [-0.2, -0.15) is 0 Å². The monoisotopic (exact) mass is 290 g/mol. The summed E-state index contributed by atoms with van der Waals surface area (Å²) in [5.41, 5.74) is 1.45. The fourth-order valence-electron chi connectivity index (χ4n) is 2.08. The zero-order valence-electron chi connectivity index (χ0n) is 10.5. The van der Waals surface area contributed by atoms with E-state index in [9.17, 15) is 8.78 Å². The fraction of sp³-hybridized carbons (Fsp3) is 0.0667. The summed E-state index contributed by atoms with van der Waals surface area (Å²) in [5.74, 6) is -0.526. The Balaban J connectivity index is 2.29. The number of halogens is 3. The number of nitrogens with zero attached hydrogens (tertiary/aromatic N) is 2. The first-order chi connectivity index (χ1) is 9.56. The standard InChI is InChI=1S/C15H9ClF2N2/c1-8-7-9(17)5-6-10(8)15-19-13-11(14(16)20-15)3-2-4-12(13)18/h2-7H,1H3. The van der Waals surface area contributed by atoms with Gasteiger partial charge < -0.3 is 0 Å². The molecule has 3 rings (SSSR count). The first-order valence-corrected chi connectivity index (χ1v) is 6.32. The van der Waals surface area contributed by atoms with Crippen LogP contribution < -0.4 is 0 Å². The Morgan fingerprint density at radius 3 is 2.60 bits per heavy atom. The van der Waals surface area contributed by atoms with E-state index in [1.165, 1.54) is 18.2 Å². The Labute approximate surface area is 119 Å². The Hall–Kier alpha value is -2.07. The van der Waals surface area contributed by atoms with E-state index in [0.717, 1.165) is 0 Å². The molecule has 0 aliphatic rings. The number of hydrogen-bond donors (Lipinski definition) is 0. The van der Waals surface area contributed by atoms with Crippen LogP contribution in [0.1, 0.15) is 5.56 Å². The quantitative estimate of drug-likeness (QED) is 0.615. The Bertz CT molecular complexity index is 818. The third kappa shape index (κ3) is 2.12. The van der Waals surface area contributed by atoms with Crippen LogP contribution in [0.3, 0.4) is 0 Å². The molecule has 2 nitrogen and oxygen atoms in total. The molecule has 5 heteroatoms. The molecule has 3 aromatic rings. The number of aromatic nitrogens is 2. The van der Waals surface area contributed by atoms with Crippen LogP contribution in [0.15, 0.2) is 36.4 Å². The van der Waals surface area contributed by atoms with Gasteiger partial charge in [0.1, 0.15) is 22.3 Å². The van der Waals surface area contributed by atoms with Crippen molar-refractivity contribution >= 4 is 22.5 Å². The van der Waals surface area contributed by atoms with Crippen molar-refractivity contribution in [3.8, 4) is 11.4 Å². The molecule has 0 bridgehead atoms. The number of para-hydroxylation sites is 1. The van der Waals surface area contributed by atoms with Crippen LogP contribution in [0, 0.1) is 18.6 Å². The van der Waals surface area contributed by atoms with E-state index >= 15 is 0 Å². The third-order valence-corrected chi connectivity index (χ3v) is 3.35. The molecule has 0 radical (unpaired) electrons. The van der Waals surface area contributed by atoms with Crippen molar-refractivity contribution in [1.29, 1.82) is 0 Å². The largest absolute Gasteiger partial charge is 0.225 e. The van der Waals surface area contributed by atoms with Gasteiger partial charge in [0.25, 0.3) is 0 Å². The minimum Gasteiger partial charge on any atom is -0.225 e. The maximum absolute atomic E-state index is 13.8. The van der Waals surface area contributed by atoms with E-state index in [0.29, 0.717) is 16.5 Å². The molecular weight excluding hydrogens is 282 g/mol. The molecule has 0 fully saturated rings. The molecule has 0 saturated carbocycles. The van der Waals surface area contributed by atoms with E-state index in [2.05, 4.69) is 9.97 Å². The number of benzene rings is 2. The molecule has 0 aliphatic heterocycles. The summed E-state index contributed by atoms with van der Waals surface area (Å²) in [6.45, 7) is 1.74. The predicted molar refractivity (Wildman–Crippen MR) is 74.6 cm³/mol. The molecule has 0 N–H and O–H groups in total. The average molecular weight is 291 g/mol. The van der Waals surface area contributed by atoms with Crippen molar-refractivity contribution in [3.63, 3.8) is 0 Å². The van der Waals surface area contributed by atoms with Crippen molar-refractivity contribution in [3.05, 3.63) is 58.7 Å². The van der Waals surface area contributed by atoms with Crippen LogP contribution in [0.2, 0.25) is 5.15 Å². The van der Waals surface area contributed by atoms with Gasteiger partial charge in [-0.3, -0.25) is 0 Å². The average Bonchev–Trinajstić information content (AvgIpc) is 2.40. The smallest absolute Gasteiger partial charge is 0.161 e. The van der Waals surface area contributed by atoms with Gasteiger partial charge in [0, 0.05) is 10.9 Å². The van der Waals surface area contributed by atoms with Crippen molar-refractivity contribution in [2.24, 2.45) is 0 Å². The lowest BCUT2D eigenvalue weighted by Crippen LogP contribution is -1.96. The van der Waals surface area contributed by atoms with Gasteiger partial charge in [-0.1, -0.05) is 17.7 Å². The maximum atomic E-state index is 13.8. The Kier molecular flexibility index (Phi) is 3.10. The minimum atomic E-state index is -0.465. The highest BCUT2D eigenvalue weighted by Gasteiger charge is 2.12. The number of rotatable bonds is 1. The van der Waals surface area contributed by atoms with Gasteiger partial charge in [0.05, 0.1) is 0 Å². The van der Waals surface area contributed by atoms with Crippen LogP contribution in [-0.2, 0) is 0 Å².